The molecule has 6 heteroatoms. The van der Waals surface area contributed by atoms with Crippen LogP contribution in [0.25, 0.3) is 0 Å². The lowest BCUT2D eigenvalue weighted by atomic mass is 9.88. The number of rotatable bonds is 5. The van der Waals surface area contributed by atoms with Crippen molar-refractivity contribution in [2.45, 2.75) is 76.6 Å². The van der Waals surface area contributed by atoms with Crippen LogP contribution in [0.3, 0.4) is 0 Å². The van der Waals surface area contributed by atoms with Crippen molar-refractivity contribution in [3.63, 3.8) is 0 Å². The number of hydrogen-bond acceptors (Lipinski definition) is 4. The summed E-state index contributed by atoms with van der Waals surface area (Å²) in [5.41, 5.74) is 1.54. The van der Waals surface area contributed by atoms with E-state index in [-0.39, 0.29) is 29.1 Å². The van der Waals surface area contributed by atoms with E-state index in [9.17, 15) is 4.79 Å². The Kier molecular flexibility index (Phi) is 5.39. The zero-order valence-electron chi connectivity index (χ0n) is 18.8. The second-order valence-electron chi connectivity index (χ2n) is 9.35. The van der Waals surface area contributed by atoms with E-state index < -0.39 is 0 Å². The summed E-state index contributed by atoms with van der Waals surface area (Å²) in [7, 11) is 1.74. The molecule has 1 amide bonds. The number of aromatic nitrogens is 2. The number of methoxy groups -OCH3 is 1. The smallest absolute Gasteiger partial charge is 0.259 e. The molecule has 1 N–H and O–H groups in total. The first-order valence-electron chi connectivity index (χ1n) is 11.1. The minimum Gasteiger partial charge on any atom is -0.380 e. The largest absolute Gasteiger partial charge is 0.380 e. The molecule has 2 aliphatic rings. The number of ether oxygens (including phenoxy) is 1. The van der Waals surface area contributed by atoms with E-state index >= 15 is 0 Å². The molecule has 4 rings (SSSR count). The highest BCUT2D eigenvalue weighted by molar-refractivity contribution is 5.99. The number of nitrogens with one attached hydrogen (secondary N) is 1. The van der Waals surface area contributed by atoms with Gasteiger partial charge in [0.1, 0.15) is 11.4 Å². The van der Waals surface area contributed by atoms with Crippen molar-refractivity contribution in [1.82, 2.24) is 14.7 Å². The summed E-state index contributed by atoms with van der Waals surface area (Å²) in [6.45, 7) is 9.35. The van der Waals surface area contributed by atoms with Crippen LogP contribution in [0, 0.1) is 0 Å². The number of carbonyl (C=O) groups is 1. The van der Waals surface area contributed by atoms with Gasteiger partial charge in [-0.05, 0) is 45.1 Å². The van der Waals surface area contributed by atoms with Gasteiger partial charge in [0.15, 0.2) is 0 Å². The van der Waals surface area contributed by atoms with Crippen LogP contribution in [0.5, 0.6) is 0 Å². The van der Waals surface area contributed by atoms with Gasteiger partial charge in [-0.25, -0.2) is 4.68 Å². The number of hydrogen-bond donors (Lipinski definition) is 1. The Morgan fingerprint density at radius 2 is 1.90 bits per heavy atom. The molecule has 0 aliphatic carbocycles. The van der Waals surface area contributed by atoms with Crippen molar-refractivity contribution < 1.29 is 9.53 Å². The quantitative estimate of drug-likeness (QED) is 0.783. The van der Waals surface area contributed by atoms with Gasteiger partial charge in [0.25, 0.3) is 5.91 Å². The van der Waals surface area contributed by atoms with E-state index in [1.807, 2.05) is 15.6 Å². The van der Waals surface area contributed by atoms with Gasteiger partial charge in [0, 0.05) is 19.2 Å². The molecule has 2 atom stereocenters. The Morgan fingerprint density at radius 1 is 1.20 bits per heavy atom. The summed E-state index contributed by atoms with van der Waals surface area (Å²) in [6, 6.07) is 10.6. The molecular weight excluding hydrogens is 376 g/mol. The van der Waals surface area contributed by atoms with Gasteiger partial charge >= 0.3 is 0 Å². The molecule has 2 aromatic rings. The number of anilines is 1. The lowest BCUT2D eigenvalue weighted by Gasteiger charge is -2.39. The fourth-order valence-electron chi connectivity index (χ4n) is 5.31. The number of nitrogens with zero attached hydrogens (tertiary/aromatic N) is 3. The number of amides is 1. The molecule has 3 heterocycles. The standard InChI is InChI=1S/C24H34N4O2/c1-6-24(7-2)13-18(30-5)16-27(24)22(29)19-15-25-28-21(19)26-20(14-23(28,3)4)17-11-9-8-10-12-17/h8-12,15,18,20,26H,6-7,13-14,16H2,1-5H3/t18-,20-/m1/s1. The van der Waals surface area contributed by atoms with Crippen molar-refractivity contribution in [3.05, 3.63) is 47.7 Å². The van der Waals surface area contributed by atoms with Crippen LogP contribution in [0.15, 0.2) is 36.5 Å². The lowest BCUT2D eigenvalue weighted by molar-refractivity contribution is 0.0564. The predicted molar refractivity (Wildman–Crippen MR) is 119 cm³/mol. The number of benzene rings is 1. The molecule has 0 radical (unpaired) electrons. The second-order valence-corrected chi connectivity index (χ2v) is 9.35. The van der Waals surface area contributed by atoms with Crippen LogP contribution in [-0.2, 0) is 10.3 Å². The van der Waals surface area contributed by atoms with E-state index in [0.29, 0.717) is 12.1 Å². The highest BCUT2D eigenvalue weighted by atomic mass is 16.5. The van der Waals surface area contributed by atoms with E-state index in [0.717, 1.165) is 31.5 Å². The normalized spacial score (nSPS) is 24.4. The molecule has 0 spiro atoms. The Hall–Kier alpha value is -2.34. The second kappa shape index (κ2) is 7.73. The number of fused-ring (bicyclic) bond motifs is 1. The van der Waals surface area contributed by atoms with Crippen LogP contribution in [0.1, 0.15) is 75.3 Å². The van der Waals surface area contributed by atoms with Crippen LogP contribution >= 0.6 is 0 Å². The molecule has 162 valence electrons. The van der Waals surface area contributed by atoms with Crippen LogP contribution in [0.2, 0.25) is 0 Å². The third-order valence-corrected chi connectivity index (χ3v) is 7.25. The van der Waals surface area contributed by atoms with Crippen molar-refractivity contribution in [3.8, 4) is 0 Å². The predicted octanol–water partition coefficient (Wildman–Crippen LogP) is 4.59. The molecule has 30 heavy (non-hydrogen) atoms. The van der Waals surface area contributed by atoms with Gasteiger partial charge in [-0.1, -0.05) is 44.2 Å². The van der Waals surface area contributed by atoms with E-state index in [2.05, 4.69) is 62.4 Å². The average Bonchev–Trinajstić information content (AvgIpc) is 3.36. The van der Waals surface area contributed by atoms with Gasteiger partial charge in [-0.3, -0.25) is 4.79 Å². The van der Waals surface area contributed by atoms with Gasteiger partial charge in [-0.15, -0.1) is 0 Å². The molecule has 6 nitrogen and oxygen atoms in total. The third-order valence-electron chi connectivity index (χ3n) is 7.25. The Balaban J connectivity index is 1.71. The molecular formula is C24H34N4O2. The first-order valence-corrected chi connectivity index (χ1v) is 11.1. The summed E-state index contributed by atoms with van der Waals surface area (Å²) in [5.74, 6) is 0.878. The summed E-state index contributed by atoms with van der Waals surface area (Å²) in [6.07, 6.45) is 5.46. The molecule has 0 unspecified atom stereocenters. The molecule has 1 fully saturated rings. The van der Waals surface area contributed by atoms with Crippen molar-refractivity contribution in [2.75, 3.05) is 19.0 Å². The number of carbonyl (C=O) groups excluding carboxylic acids is 1. The Bertz CT molecular complexity index is 901. The van der Waals surface area contributed by atoms with Gasteiger partial charge < -0.3 is 15.0 Å². The minimum atomic E-state index is -0.188. The summed E-state index contributed by atoms with van der Waals surface area (Å²) in [5, 5.41) is 8.28. The minimum absolute atomic E-state index is 0.0523. The molecule has 1 aromatic carbocycles. The Labute approximate surface area is 179 Å². The van der Waals surface area contributed by atoms with Gasteiger partial charge in [0.05, 0.1) is 23.9 Å². The van der Waals surface area contributed by atoms with Crippen LogP contribution in [-0.4, -0.2) is 45.9 Å². The highest BCUT2D eigenvalue weighted by Crippen LogP contribution is 2.42. The molecule has 2 aliphatic heterocycles. The van der Waals surface area contributed by atoms with Gasteiger partial charge in [0.2, 0.25) is 0 Å². The maximum Gasteiger partial charge on any atom is 0.259 e. The maximum absolute atomic E-state index is 13.8. The third kappa shape index (κ3) is 3.31. The zero-order valence-corrected chi connectivity index (χ0v) is 18.8. The van der Waals surface area contributed by atoms with E-state index in [1.54, 1.807) is 13.3 Å². The van der Waals surface area contributed by atoms with Crippen LogP contribution in [0.4, 0.5) is 5.82 Å². The molecule has 1 saturated heterocycles. The first-order chi connectivity index (χ1) is 14.3. The fraction of sp³-hybridized carbons (Fsp3) is 0.583. The van der Waals surface area contributed by atoms with Crippen LogP contribution < -0.4 is 5.32 Å². The fourth-order valence-corrected chi connectivity index (χ4v) is 5.31. The summed E-state index contributed by atoms with van der Waals surface area (Å²) >= 11 is 0. The SMILES string of the molecule is CCC1(CC)C[C@@H](OC)CN1C(=O)c1cnn2c1N[C@@H](c1ccccc1)CC2(C)C. The van der Waals surface area contributed by atoms with Crippen molar-refractivity contribution in [1.29, 1.82) is 0 Å². The monoisotopic (exact) mass is 410 g/mol. The van der Waals surface area contributed by atoms with E-state index in [4.69, 9.17) is 4.74 Å². The number of likely N-dealkylation sites (tertiary alicyclic amines) is 1. The topological polar surface area (TPSA) is 59.4 Å². The first kappa shape index (κ1) is 20.9. The summed E-state index contributed by atoms with van der Waals surface area (Å²) in [4.78, 5) is 15.8. The zero-order chi connectivity index (χ0) is 21.5. The van der Waals surface area contributed by atoms with Gasteiger partial charge in [-0.2, -0.15) is 5.10 Å². The summed E-state index contributed by atoms with van der Waals surface area (Å²) < 4.78 is 7.65. The highest BCUT2D eigenvalue weighted by Gasteiger charge is 2.47. The average molecular weight is 411 g/mol. The molecule has 0 bridgehead atoms. The van der Waals surface area contributed by atoms with Crippen molar-refractivity contribution in [2.24, 2.45) is 0 Å². The molecule has 1 aromatic heterocycles. The Morgan fingerprint density at radius 3 is 2.53 bits per heavy atom. The molecule has 0 saturated carbocycles. The van der Waals surface area contributed by atoms with E-state index in [1.165, 1.54) is 5.56 Å². The lowest BCUT2D eigenvalue weighted by Crippen LogP contribution is -2.47. The van der Waals surface area contributed by atoms with Crippen molar-refractivity contribution >= 4 is 11.7 Å². The maximum atomic E-state index is 13.8.